The third-order valence-corrected chi connectivity index (χ3v) is 4.78. The van der Waals surface area contributed by atoms with Crippen molar-refractivity contribution < 1.29 is 18.7 Å². The fraction of sp³-hybridized carbons (Fsp3) is 0.0833. The molecule has 3 aromatic carbocycles. The molecular formula is C24H19ClN2O4. The van der Waals surface area contributed by atoms with E-state index in [4.69, 9.17) is 25.5 Å². The van der Waals surface area contributed by atoms with E-state index in [-0.39, 0.29) is 5.76 Å². The third kappa shape index (κ3) is 5.05. The Morgan fingerprint density at radius 1 is 1.06 bits per heavy atom. The maximum Gasteiger partial charge on any atom is 0.307 e. The van der Waals surface area contributed by atoms with Crippen LogP contribution in [0.25, 0.3) is 11.0 Å². The maximum absolute atomic E-state index is 12.3. The lowest BCUT2D eigenvalue weighted by atomic mass is 10.2. The Morgan fingerprint density at radius 2 is 1.87 bits per heavy atom. The molecule has 0 fully saturated rings. The number of halogens is 1. The standard InChI is InChI=1S/C24H19ClN2O4/c1-29-22-12-17(8-11-21(22)30-15-16-6-9-19(25)10-7-16)14-26-27-24(28)23-13-18-4-2-3-5-20(18)31-23/h2-14H,15H2,1H3,(H,27,28)/b26-14+. The van der Waals surface area contributed by atoms with Gasteiger partial charge in [0, 0.05) is 10.4 Å². The zero-order valence-electron chi connectivity index (χ0n) is 16.7. The smallest absolute Gasteiger partial charge is 0.307 e. The molecule has 6 nitrogen and oxygen atoms in total. The SMILES string of the molecule is COc1cc(/C=N/NC(=O)c2cc3ccccc3o2)ccc1OCc1ccc(Cl)cc1. The summed E-state index contributed by atoms with van der Waals surface area (Å²) in [6.07, 6.45) is 1.52. The Kier molecular flexibility index (Phi) is 6.19. The summed E-state index contributed by atoms with van der Waals surface area (Å²) in [7, 11) is 1.56. The molecule has 4 rings (SSSR count). The Bertz CT molecular complexity index is 1200. The molecule has 0 atom stereocenters. The molecule has 0 aliphatic carbocycles. The molecule has 0 saturated heterocycles. The zero-order chi connectivity index (χ0) is 21.6. The van der Waals surface area contributed by atoms with Gasteiger partial charge in [0.1, 0.15) is 12.2 Å². The number of methoxy groups -OCH3 is 1. The van der Waals surface area contributed by atoms with Gasteiger partial charge in [-0.25, -0.2) is 5.43 Å². The Hall–Kier alpha value is -3.77. The van der Waals surface area contributed by atoms with Crippen molar-refractivity contribution in [3.8, 4) is 11.5 Å². The minimum atomic E-state index is -0.428. The summed E-state index contributed by atoms with van der Waals surface area (Å²) < 4.78 is 16.8. The molecular weight excluding hydrogens is 416 g/mol. The van der Waals surface area contributed by atoms with Gasteiger partial charge in [0.05, 0.1) is 13.3 Å². The molecule has 1 N–H and O–H groups in total. The fourth-order valence-corrected chi connectivity index (χ4v) is 3.07. The minimum absolute atomic E-state index is 0.196. The van der Waals surface area contributed by atoms with E-state index in [1.54, 1.807) is 31.4 Å². The number of fused-ring (bicyclic) bond motifs is 1. The van der Waals surface area contributed by atoms with Crippen molar-refractivity contribution >= 4 is 34.7 Å². The Balaban J connectivity index is 1.39. The fourth-order valence-electron chi connectivity index (χ4n) is 2.94. The van der Waals surface area contributed by atoms with E-state index >= 15 is 0 Å². The summed E-state index contributed by atoms with van der Waals surface area (Å²) in [5, 5.41) is 5.54. The molecule has 0 spiro atoms. The Labute approximate surface area is 184 Å². The van der Waals surface area contributed by atoms with E-state index in [2.05, 4.69) is 10.5 Å². The van der Waals surface area contributed by atoms with Crippen molar-refractivity contribution in [3.05, 3.63) is 94.7 Å². The van der Waals surface area contributed by atoms with Gasteiger partial charge in [-0.2, -0.15) is 5.10 Å². The van der Waals surface area contributed by atoms with E-state index < -0.39 is 5.91 Å². The molecule has 4 aromatic rings. The van der Waals surface area contributed by atoms with Gasteiger partial charge in [-0.3, -0.25) is 4.79 Å². The van der Waals surface area contributed by atoms with Crippen LogP contribution in [0.2, 0.25) is 5.02 Å². The number of ether oxygens (including phenoxy) is 2. The molecule has 0 aliphatic rings. The van der Waals surface area contributed by atoms with Crippen LogP contribution in [-0.2, 0) is 6.61 Å². The first-order chi connectivity index (χ1) is 15.1. The molecule has 1 heterocycles. The van der Waals surface area contributed by atoms with Gasteiger partial charge in [-0.05, 0) is 53.6 Å². The third-order valence-electron chi connectivity index (χ3n) is 4.52. The highest BCUT2D eigenvalue weighted by Crippen LogP contribution is 2.28. The molecule has 0 saturated carbocycles. The van der Waals surface area contributed by atoms with Crippen LogP contribution in [0.1, 0.15) is 21.7 Å². The average Bonchev–Trinajstić information content (AvgIpc) is 3.23. The van der Waals surface area contributed by atoms with Gasteiger partial charge in [-0.1, -0.05) is 41.9 Å². The van der Waals surface area contributed by atoms with Gasteiger partial charge in [-0.15, -0.1) is 0 Å². The van der Waals surface area contributed by atoms with Crippen LogP contribution < -0.4 is 14.9 Å². The number of carbonyl (C=O) groups is 1. The quantitative estimate of drug-likeness (QED) is 0.310. The van der Waals surface area contributed by atoms with Crippen LogP contribution in [0, 0.1) is 0 Å². The predicted molar refractivity (Wildman–Crippen MR) is 120 cm³/mol. The lowest BCUT2D eigenvalue weighted by Gasteiger charge is -2.11. The molecule has 156 valence electrons. The summed E-state index contributed by atoms with van der Waals surface area (Å²) in [6, 6.07) is 21.9. The number of hydrogen-bond donors (Lipinski definition) is 1. The highest BCUT2D eigenvalue weighted by molar-refractivity contribution is 6.30. The first kappa shape index (κ1) is 20.5. The number of furan rings is 1. The molecule has 1 amide bonds. The van der Waals surface area contributed by atoms with Gasteiger partial charge in [0.25, 0.3) is 0 Å². The minimum Gasteiger partial charge on any atom is -0.493 e. The lowest BCUT2D eigenvalue weighted by Crippen LogP contribution is -2.16. The number of benzene rings is 3. The molecule has 0 unspecified atom stereocenters. The number of nitrogens with one attached hydrogen (secondary N) is 1. The summed E-state index contributed by atoms with van der Waals surface area (Å²) >= 11 is 5.90. The molecule has 7 heteroatoms. The summed E-state index contributed by atoms with van der Waals surface area (Å²) in [5.41, 5.74) is 4.84. The zero-order valence-corrected chi connectivity index (χ0v) is 17.4. The van der Waals surface area contributed by atoms with Crippen LogP contribution in [0.5, 0.6) is 11.5 Å². The average molecular weight is 435 g/mol. The number of carbonyl (C=O) groups excluding carboxylic acids is 1. The second-order valence-corrected chi connectivity index (χ2v) is 7.11. The van der Waals surface area contributed by atoms with Gasteiger partial charge < -0.3 is 13.9 Å². The van der Waals surface area contributed by atoms with Crippen molar-refractivity contribution in [2.45, 2.75) is 6.61 Å². The van der Waals surface area contributed by atoms with E-state index in [0.29, 0.717) is 28.7 Å². The highest BCUT2D eigenvalue weighted by Gasteiger charge is 2.11. The second kappa shape index (κ2) is 9.36. The number of hydrogen-bond acceptors (Lipinski definition) is 5. The normalized spacial score (nSPS) is 11.0. The number of amides is 1. The van der Waals surface area contributed by atoms with Crippen LogP contribution >= 0.6 is 11.6 Å². The van der Waals surface area contributed by atoms with Gasteiger partial charge in [0.15, 0.2) is 17.3 Å². The van der Waals surface area contributed by atoms with Crippen molar-refractivity contribution in [1.82, 2.24) is 5.43 Å². The maximum atomic E-state index is 12.3. The van der Waals surface area contributed by atoms with Crippen LogP contribution in [0.15, 0.2) is 82.3 Å². The van der Waals surface area contributed by atoms with Gasteiger partial charge >= 0.3 is 5.91 Å². The molecule has 31 heavy (non-hydrogen) atoms. The number of nitrogens with zero attached hydrogens (tertiary/aromatic N) is 1. The molecule has 0 aliphatic heterocycles. The van der Waals surface area contributed by atoms with E-state index in [9.17, 15) is 4.79 Å². The molecule has 1 aromatic heterocycles. The topological polar surface area (TPSA) is 73.1 Å². The second-order valence-electron chi connectivity index (χ2n) is 6.67. The van der Waals surface area contributed by atoms with Crippen LogP contribution in [-0.4, -0.2) is 19.2 Å². The van der Waals surface area contributed by atoms with Gasteiger partial charge in [0.2, 0.25) is 0 Å². The molecule has 0 radical (unpaired) electrons. The van der Waals surface area contributed by atoms with Crippen molar-refractivity contribution in [2.75, 3.05) is 7.11 Å². The van der Waals surface area contributed by atoms with Crippen molar-refractivity contribution in [1.29, 1.82) is 0 Å². The number of hydrazone groups is 1. The van der Waals surface area contributed by atoms with Crippen molar-refractivity contribution in [3.63, 3.8) is 0 Å². The molecule has 0 bridgehead atoms. The lowest BCUT2D eigenvalue weighted by molar-refractivity contribution is 0.0929. The van der Waals surface area contributed by atoms with Crippen LogP contribution in [0.3, 0.4) is 0 Å². The first-order valence-electron chi connectivity index (χ1n) is 9.49. The largest absolute Gasteiger partial charge is 0.493 e. The summed E-state index contributed by atoms with van der Waals surface area (Å²) in [4.78, 5) is 12.3. The van der Waals surface area contributed by atoms with E-state index in [0.717, 1.165) is 16.5 Å². The Morgan fingerprint density at radius 3 is 2.65 bits per heavy atom. The monoisotopic (exact) mass is 434 g/mol. The number of rotatable bonds is 7. The summed E-state index contributed by atoms with van der Waals surface area (Å²) in [6.45, 7) is 0.383. The first-order valence-corrected chi connectivity index (χ1v) is 9.87. The van der Waals surface area contributed by atoms with E-state index in [1.807, 2.05) is 48.5 Å². The summed E-state index contributed by atoms with van der Waals surface area (Å²) in [5.74, 6) is 0.923. The van der Waals surface area contributed by atoms with Crippen molar-refractivity contribution in [2.24, 2.45) is 5.10 Å². The van der Waals surface area contributed by atoms with E-state index in [1.165, 1.54) is 6.21 Å². The number of para-hydroxylation sites is 1. The predicted octanol–water partition coefficient (Wildman–Crippen LogP) is 5.44. The van der Waals surface area contributed by atoms with Crippen LogP contribution in [0.4, 0.5) is 0 Å². The highest BCUT2D eigenvalue weighted by atomic mass is 35.5.